The molecule has 112 valence electrons. The standard InChI is InChI=1S/C16H28N4/c1-13-11-20(9-8-19(13)2)15-4-3-7-16(10-15,12-17)18-14-5-6-14/h13-15,18H,3-11H2,1-2H3. The zero-order valence-electron chi connectivity index (χ0n) is 12.9. The van der Waals surface area contributed by atoms with Gasteiger partial charge in [0.2, 0.25) is 0 Å². The third kappa shape index (κ3) is 3.00. The summed E-state index contributed by atoms with van der Waals surface area (Å²) in [4.78, 5) is 5.09. The molecule has 0 aromatic rings. The Labute approximate surface area is 123 Å². The third-order valence-corrected chi connectivity index (χ3v) is 5.50. The SMILES string of the molecule is CC1CN(C2CCCC(C#N)(NC3CC3)C2)CCN1C. The molecule has 1 aliphatic heterocycles. The van der Waals surface area contributed by atoms with E-state index in [1.54, 1.807) is 0 Å². The molecule has 3 aliphatic rings. The summed E-state index contributed by atoms with van der Waals surface area (Å²) in [7, 11) is 2.22. The van der Waals surface area contributed by atoms with Gasteiger partial charge in [-0.25, -0.2) is 0 Å². The van der Waals surface area contributed by atoms with Gasteiger partial charge in [-0.2, -0.15) is 5.26 Å². The van der Waals surface area contributed by atoms with E-state index in [9.17, 15) is 5.26 Å². The number of nitriles is 1. The summed E-state index contributed by atoms with van der Waals surface area (Å²) < 4.78 is 0. The van der Waals surface area contributed by atoms with Gasteiger partial charge in [-0.15, -0.1) is 0 Å². The van der Waals surface area contributed by atoms with Crippen molar-refractivity contribution < 1.29 is 0 Å². The second kappa shape index (κ2) is 5.63. The highest BCUT2D eigenvalue weighted by Gasteiger charge is 2.42. The van der Waals surface area contributed by atoms with Crippen LogP contribution in [0.4, 0.5) is 0 Å². The summed E-state index contributed by atoms with van der Waals surface area (Å²) in [6, 6.07) is 4.49. The van der Waals surface area contributed by atoms with Crippen molar-refractivity contribution in [1.29, 1.82) is 5.26 Å². The molecular weight excluding hydrogens is 248 g/mol. The molecule has 0 spiro atoms. The normalized spacial score (nSPS) is 40.5. The van der Waals surface area contributed by atoms with Crippen LogP contribution in [-0.4, -0.2) is 60.1 Å². The molecular formula is C16H28N4. The van der Waals surface area contributed by atoms with Crippen LogP contribution < -0.4 is 5.32 Å². The maximum absolute atomic E-state index is 9.69. The first kappa shape index (κ1) is 14.3. The van der Waals surface area contributed by atoms with E-state index in [1.807, 2.05) is 0 Å². The number of rotatable bonds is 3. The first-order valence-corrected chi connectivity index (χ1v) is 8.25. The van der Waals surface area contributed by atoms with Crippen molar-refractivity contribution in [2.24, 2.45) is 0 Å². The van der Waals surface area contributed by atoms with E-state index < -0.39 is 0 Å². The van der Waals surface area contributed by atoms with E-state index in [2.05, 4.69) is 35.2 Å². The van der Waals surface area contributed by atoms with Crippen LogP contribution >= 0.6 is 0 Å². The molecule has 3 rings (SSSR count). The lowest BCUT2D eigenvalue weighted by Gasteiger charge is -2.46. The molecule has 0 amide bonds. The van der Waals surface area contributed by atoms with Gasteiger partial charge in [0.15, 0.2) is 0 Å². The van der Waals surface area contributed by atoms with Gasteiger partial charge in [-0.3, -0.25) is 10.2 Å². The quantitative estimate of drug-likeness (QED) is 0.850. The van der Waals surface area contributed by atoms with Crippen LogP contribution in [0.3, 0.4) is 0 Å². The van der Waals surface area contributed by atoms with Gasteiger partial charge in [-0.05, 0) is 52.5 Å². The largest absolute Gasteiger partial charge is 0.301 e. The van der Waals surface area contributed by atoms with Crippen molar-refractivity contribution in [3.63, 3.8) is 0 Å². The van der Waals surface area contributed by atoms with Gasteiger partial charge < -0.3 is 4.90 Å². The molecule has 20 heavy (non-hydrogen) atoms. The third-order valence-electron chi connectivity index (χ3n) is 5.50. The van der Waals surface area contributed by atoms with Gasteiger partial charge in [0.05, 0.1) is 6.07 Å². The monoisotopic (exact) mass is 276 g/mol. The van der Waals surface area contributed by atoms with Crippen molar-refractivity contribution in [2.45, 2.75) is 69.1 Å². The number of nitrogens with one attached hydrogen (secondary N) is 1. The molecule has 0 aromatic heterocycles. The molecule has 3 unspecified atom stereocenters. The molecule has 1 heterocycles. The second-order valence-electron chi connectivity index (χ2n) is 7.19. The Bertz CT molecular complexity index is 386. The number of hydrogen-bond acceptors (Lipinski definition) is 4. The predicted octanol–water partition coefficient (Wildman–Crippen LogP) is 1.58. The van der Waals surface area contributed by atoms with Gasteiger partial charge in [-0.1, -0.05) is 0 Å². The zero-order valence-corrected chi connectivity index (χ0v) is 12.9. The van der Waals surface area contributed by atoms with Crippen LogP contribution in [0.25, 0.3) is 0 Å². The van der Waals surface area contributed by atoms with Crippen LogP contribution in [0.15, 0.2) is 0 Å². The number of hydrogen-bond donors (Lipinski definition) is 1. The van der Waals surface area contributed by atoms with Crippen LogP contribution in [0.2, 0.25) is 0 Å². The fourth-order valence-corrected chi connectivity index (χ4v) is 3.85. The van der Waals surface area contributed by atoms with Crippen molar-refractivity contribution in [3.8, 4) is 6.07 Å². The first-order chi connectivity index (χ1) is 9.62. The molecule has 4 nitrogen and oxygen atoms in total. The van der Waals surface area contributed by atoms with Gasteiger partial charge in [0, 0.05) is 37.8 Å². The van der Waals surface area contributed by atoms with E-state index in [4.69, 9.17) is 0 Å². The Morgan fingerprint density at radius 1 is 1.25 bits per heavy atom. The smallest absolute Gasteiger partial charge is 0.108 e. The molecule has 3 fully saturated rings. The summed E-state index contributed by atoms with van der Waals surface area (Å²) in [5.41, 5.74) is -0.239. The Morgan fingerprint density at radius 3 is 2.70 bits per heavy atom. The van der Waals surface area contributed by atoms with Crippen molar-refractivity contribution in [3.05, 3.63) is 0 Å². The summed E-state index contributed by atoms with van der Waals surface area (Å²) in [6.45, 7) is 5.80. The number of nitrogens with zero attached hydrogens (tertiary/aromatic N) is 3. The molecule has 1 saturated heterocycles. The van der Waals surface area contributed by atoms with E-state index >= 15 is 0 Å². The Balaban J connectivity index is 1.63. The highest BCUT2D eigenvalue weighted by Crippen LogP contribution is 2.34. The number of piperazine rings is 1. The van der Waals surface area contributed by atoms with Crippen molar-refractivity contribution >= 4 is 0 Å². The molecule has 0 radical (unpaired) electrons. The molecule has 2 saturated carbocycles. The minimum absolute atomic E-state index is 0.239. The van der Waals surface area contributed by atoms with E-state index in [0.717, 1.165) is 32.5 Å². The lowest BCUT2D eigenvalue weighted by Crippen LogP contribution is -2.58. The lowest BCUT2D eigenvalue weighted by atomic mass is 9.79. The van der Waals surface area contributed by atoms with Gasteiger partial charge in [0.1, 0.15) is 5.54 Å². The maximum atomic E-state index is 9.69. The van der Waals surface area contributed by atoms with Crippen molar-refractivity contribution in [1.82, 2.24) is 15.1 Å². The van der Waals surface area contributed by atoms with E-state index in [-0.39, 0.29) is 5.54 Å². The Morgan fingerprint density at radius 2 is 2.05 bits per heavy atom. The van der Waals surface area contributed by atoms with Crippen LogP contribution in [0.5, 0.6) is 0 Å². The summed E-state index contributed by atoms with van der Waals surface area (Å²) in [5.74, 6) is 0. The van der Waals surface area contributed by atoms with E-state index in [1.165, 1.54) is 25.7 Å². The fourth-order valence-electron chi connectivity index (χ4n) is 3.85. The maximum Gasteiger partial charge on any atom is 0.108 e. The highest BCUT2D eigenvalue weighted by molar-refractivity contribution is 5.13. The predicted molar refractivity (Wildman–Crippen MR) is 80.4 cm³/mol. The van der Waals surface area contributed by atoms with Crippen LogP contribution in [0, 0.1) is 11.3 Å². The Kier molecular flexibility index (Phi) is 4.03. The minimum Gasteiger partial charge on any atom is -0.301 e. The molecule has 0 bridgehead atoms. The molecule has 3 atom stereocenters. The van der Waals surface area contributed by atoms with Crippen LogP contribution in [0.1, 0.15) is 45.4 Å². The summed E-state index contributed by atoms with van der Waals surface area (Å²) in [5, 5.41) is 13.3. The first-order valence-electron chi connectivity index (χ1n) is 8.25. The number of likely N-dealkylation sites (N-methyl/N-ethyl adjacent to an activating group) is 1. The summed E-state index contributed by atoms with van der Waals surface area (Å²) >= 11 is 0. The Hall–Kier alpha value is -0.630. The second-order valence-corrected chi connectivity index (χ2v) is 7.19. The highest BCUT2D eigenvalue weighted by atomic mass is 15.3. The molecule has 0 aromatic carbocycles. The molecule has 4 heteroatoms. The fraction of sp³-hybridized carbons (Fsp3) is 0.938. The van der Waals surface area contributed by atoms with Crippen molar-refractivity contribution in [2.75, 3.05) is 26.7 Å². The average molecular weight is 276 g/mol. The molecule has 1 N–H and O–H groups in total. The summed E-state index contributed by atoms with van der Waals surface area (Å²) in [6.07, 6.45) is 7.06. The zero-order chi connectivity index (χ0) is 14.2. The minimum atomic E-state index is -0.239. The van der Waals surface area contributed by atoms with Gasteiger partial charge >= 0.3 is 0 Å². The lowest BCUT2D eigenvalue weighted by molar-refractivity contribution is 0.0441. The van der Waals surface area contributed by atoms with Crippen LogP contribution in [-0.2, 0) is 0 Å². The van der Waals surface area contributed by atoms with E-state index in [0.29, 0.717) is 18.1 Å². The topological polar surface area (TPSA) is 42.3 Å². The van der Waals surface area contributed by atoms with Gasteiger partial charge in [0.25, 0.3) is 0 Å². The average Bonchev–Trinajstić information content (AvgIpc) is 3.26. The molecule has 2 aliphatic carbocycles.